The van der Waals surface area contributed by atoms with Gasteiger partial charge in [0.2, 0.25) is 5.91 Å². The monoisotopic (exact) mass is 374 g/mol. The van der Waals surface area contributed by atoms with Crippen LogP contribution < -0.4 is 10.2 Å². The van der Waals surface area contributed by atoms with Crippen molar-refractivity contribution in [2.75, 3.05) is 42.1 Å². The number of thioether (sulfide) groups is 1. The first-order valence-electron chi connectivity index (χ1n) is 8.21. The van der Waals surface area contributed by atoms with E-state index >= 15 is 0 Å². The predicted octanol–water partition coefficient (Wildman–Crippen LogP) is 2.54. The molecule has 0 aliphatic carbocycles. The molecule has 1 aromatic carbocycles. The smallest absolute Gasteiger partial charge is 0.254 e. The first kappa shape index (κ1) is 16.4. The molecule has 2 amide bonds. The molecule has 2 aliphatic heterocycles. The lowest BCUT2D eigenvalue weighted by Crippen LogP contribution is -2.48. The van der Waals surface area contributed by atoms with Crippen molar-refractivity contribution in [3.8, 4) is 0 Å². The molecule has 2 aromatic rings. The molecular weight excluding hydrogens is 356 g/mol. The zero-order valence-electron chi connectivity index (χ0n) is 13.6. The molecule has 1 N–H and O–H groups in total. The number of hydrogen-bond acceptors (Lipinski definition) is 6. The van der Waals surface area contributed by atoms with Crippen LogP contribution in [0.1, 0.15) is 16.8 Å². The van der Waals surface area contributed by atoms with Gasteiger partial charge < -0.3 is 15.1 Å². The summed E-state index contributed by atoms with van der Waals surface area (Å²) >= 11 is 3.27. The maximum Gasteiger partial charge on any atom is 0.254 e. The SMILES string of the molecule is O=C1CCSc2ccc(C(=O)N3CCN(c4nccs4)CC3)cc2N1. The number of piperazine rings is 1. The number of thiazole rings is 1. The zero-order valence-corrected chi connectivity index (χ0v) is 15.2. The van der Waals surface area contributed by atoms with Crippen molar-refractivity contribution in [2.24, 2.45) is 0 Å². The highest BCUT2D eigenvalue weighted by atomic mass is 32.2. The van der Waals surface area contributed by atoms with Gasteiger partial charge in [-0.05, 0) is 18.2 Å². The molecule has 6 nitrogen and oxygen atoms in total. The molecule has 0 unspecified atom stereocenters. The van der Waals surface area contributed by atoms with Gasteiger partial charge in [-0.1, -0.05) is 0 Å². The Balaban J connectivity index is 1.46. The Morgan fingerprint density at radius 3 is 2.80 bits per heavy atom. The molecule has 0 atom stereocenters. The van der Waals surface area contributed by atoms with E-state index in [9.17, 15) is 9.59 Å². The van der Waals surface area contributed by atoms with Crippen molar-refractivity contribution < 1.29 is 9.59 Å². The molecule has 0 radical (unpaired) electrons. The van der Waals surface area contributed by atoms with E-state index in [1.807, 2.05) is 22.4 Å². The Hall–Kier alpha value is -2.06. The number of benzene rings is 1. The Bertz CT molecular complexity index is 786. The highest BCUT2D eigenvalue weighted by Crippen LogP contribution is 2.32. The van der Waals surface area contributed by atoms with Crippen molar-refractivity contribution in [3.05, 3.63) is 35.3 Å². The molecule has 25 heavy (non-hydrogen) atoms. The fourth-order valence-corrected chi connectivity index (χ4v) is 4.64. The average Bonchev–Trinajstić information content (AvgIpc) is 3.10. The van der Waals surface area contributed by atoms with Gasteiger partial charge in [-0.3, -0.25) is 9.59 Å². The fourth-order valence-electron chi connectivity index (χ4n) is 3.01. The Kier molecular flexibility index (Phi) is 4.63. The summed E-state index contributed by atoms with van der Waals surface area (Å²) in [7, 11) is 0. The maximum absolute atomic E-state index is 12.8. The van der Waals surface area contributed by atoms with Crippen LogP contribution in [-0.2, 0) is 4.79 Å². The molecule has 8 heteroatoms. The number of nitrogens with zero attached hydrogens (tertiary/aromatic N) is 3. The Morgan fingerprint density at radius 2 is 2.04 bits per heavy atom. The lowest BCUT2D eigenvalue weighted by atomic mass is 10.1. The molecule has 0 spiro atoms. The lowest BCUT2D eigenvalue weighted by molar-refractivity contribution is -0.115. The number of nitrogens with one attached hydrogen (secondary N) is 1. The van der Waals surface area contributed by atoms with Gasteiger partial charge >= 0.3 is 0 Å². The third-order valence-corrected chi connectivity index (χ3v) is 6.25. The van der Waals surface area contributed by atoms with E-state index in [0.29, 0.717) is 25.1 Å². The van der Waals surface area contributed by atoms with Gasteiger partial charge in [0.25, 0.3) is 5.91 Å². The Morgan fingerprint density at radius 1 is 1.20 bits per heavy atom. The van der Waals surface area contributed by atoms with E-state index in [0.717, 1.165) is 34.6 Å². The van der Waals surface area contributed by atoms with Crippen LogP contribution in [-0.4, -0.2) is 53.6 Å². The normalized spacial score (nSPS) is 17.7. The third-order valence-electron chi connectivity index (χ3n) is 4.34. The van der Waals surface area contributed by atoms with E-state index in [1.165, 1.54) is 0 Å². The molecule has 4 rings (SSSR count). The highest BCUT2D eigenvalue weighted by molar-refractivity contribution is 7.99. The van der Waals surface area contributed by atoms with Gasteiger partial charge in [0, 0.05) is 60.4 Å². The first-order chi connectivity index (χ1) is 12.2. The second-order valence-electron chi connectivity index (χ2n) is 5.95. The summed E-state index contributed by atoms with van der Waals surface area (Å²) in [5.41, 5.74) is 1.38. The molecule has 130 valence electrons. The summed E-state index contributed by atoms with van der Waals surface area (Å²) in [6, 6.07) is 5.60. The highest BCUT2D eigenvalue weighted by Gasteiger charge is 2.24. The largest absolute Gasteiger partial charge is 0.345 e. The summed E-state index contributed by atoms with van der Waals surface area (Å²) in [5.74, 6) is 0.795. The minimum atomic E-state index is 0.00733. The van der Waals surface area contributed by atoms with Crippen molar-refractivity contribution in [2.45, 2.75) is 11.3 Å². The van der Waals surface area contributed by atoms with Gasteiger partial charge in [-0.2, -0.15) is 0 Å². The zero-order chi connectivity index (χ0) is 17.2. The van der Waals surface area contributed by atoms with E-state index in [2.05, 4.69) is 15.2 Å². The number of rotatable bonds is 2. The van der Waals surface area contributed by atoms with Gasteiger partial charge in [0.15, 0.2) is 5.13 Å². The molecule has 3 heterocycles. The van der Waals surface area contributed by atoms with Gasteiger partial charge in [0.05, 0.1) is 5.69 Å². The quantitative estimate of drug-likeness (QED) is 0.875. The van der Waals surface area contributed by atoms with Crippen molar-refractivity contribution in [1.82, 2.24) is 9.88 Å². The lowest BCUT2D eigenvalue weighted by Gasteiger charge is -2.34. The number of anilines is 2. The molecule has 1 aromatic heterocycles. The van der Waals surface area contributed by atoms with E-state index in [4.69, 9.17) is 0 Å². The first-order valence-corrected chi connectivity index (χ1v) is 10.1. The van der Waals surface area contributed by atoms with Gasteiger partial charge in [-0.15, -0.1) is 23.1 Å². The van der Waals surface area contributed by atoms with Crippen molar-refractivity contribution >= 4 is 45.7 Å². The number of aromatic nitrogens is 1. The van der Waals surface area contributed by atoms with Gasteiger partial charge in [0.1, 0.15) is 0 Å². The molecule has 1 fully saturated rings. The summed E-state index contributed by atoms with van der Waals surface area (Å²) in [6.45, 7) is 2.93. The molecule has 2 aliphatic rings. The van der Waals surface area contributed by atoms with Crippen molar-refractivity contribution in [1.29, 1.82) is 0 Å². The predicted molar refractivity (Wildman–Crippen MR) is 101 cm³/mol. The molecular formula is C17H18N4O2S2. The number of fused-ring (bicyclic) bond motifs is 1. The van der Waals surface area contributed by atoms with E-state index < -0.39 is 0 Å². The van der Waals surface area contributed by atoms with Crippen LogP contribution in [0.2, 0.25) is 0 Å². The van der Waals surface area contributed by atoms with Crippen LogP contribution >= 0.6 is 23.1 Å². The summed E-state index contributed by atoms with van der Waals surface area (Å²) < 4.78 is 0. The van der Waals surface area contributed by atoms with Crippen LogP contribution in [0.5, 0.6) is 0 Å². The third kappa shape index (κ3) is 3.50. The number of carbonyl (C=O) groups is 2. The minimum absolute atomic E-state index is 0.00733. The van der Waals surface area contributed by atoms with Crippen LogP contribution in [0.3, 0.4) is 0 Å². The number of carbonyl (C=O) groups excluding carboxylic acids is 2. The van der Waals surface area contributed by atoms with Crippen LogP contribution in [0, 0.1) is 0 Å². The van der Waals surface area contributed by atoms with E-state index in [-0.39, 0.29) is 11.8 Å². The summed E-state index contributed by atoms with van der Waals surface area (Å²) in [5, 5.41) is 5.88. The van der Waals surface area contributed by atoms with Crippen LogP contribution in [0.4, 0.5) is 10.8 Å². The fraction of sp³-hybridized carbons (Fsp3) is 0.353. The average molecular weight is 374 g/mol. The number of amides is 2. The van der Waals surface area contributed by atoms with Gasteiger partial charge in [-0.25, -0.2) is 4.98 Å². The second kappa shape index (κ2) is 7.05. The minimum Gasteiger partial charge on any atom is -0.345 e. The van der Waals surface area contributed by atoms with Crippen molar-refractivity contribution in [3.63, 3.8) is 0 Å². The van der Waals surface area contributed by atoms with Crippen LogP contribution in [0.15, 0.2) is 34.7 Å². The molecule has 0 saturated carbocycles. The second-order valence-corrected chi connectivity index (χ2v) is 7.96. The van der Waals surface area contributed by atoms with Crippen LogP contribution in [0.25, 0.3) is 0 Å². The summed E-state index contributed by atoms with van der Waals surface area (Å²) in [6.07, 6.45) is 2.31. The molecule has 1 saturated heterocycles. The molecule has 0 bridgehead atoms. The maximum atomic E-state index is 12.8. The number of hydrogen-bond donors (Lipinski definition) is 1. The topological polar surface area (TPSA) is 65.5 Å². The standard InChI is InChI=1S/C17H18N4O2S2/c22-15-3-9-24-14-2-1-12(11-13(14)19-15)16(23)20-5-7-21(8-6-20)17-18-4-10-25-17/h1-2,4,10-11H,3,5-9H2,(H,19,22). The Labute approximate surface area is 154 Å². The summed E-state index contributed by atoms with van der Waals surface area (Å²) in [4.78, 5) is 34.0. The van der Waals surface area contributed by atoms with E-state index in [1.54, 1.807) is 35.4 Å².